The van der Waals surface area contributed by atoms with Crippen molar-refractivity contribution in [1.82, 2.24) is 5.32 Å². The van der Waals surface area contributed by atoms with Gasteiger partial charge in [-0.1, -0.05) is 0 Å². The molecule has 20 heavy (non-hydrogen) atoms. The molecule has 0 spiro atoms. The van der Waals surface area contributed by atoms with Crippen molar-refractivity contribution in [3.8, 4) is 0 Å². The third-order valence-electron chi connectivity index (χ3n) is 5.42. The van der Waals surface area contributed by atoms with Gasteiger partial charge in [-0.2, -0.15) is 0 Å². The maximum atomic E-state index is 12.5. The van der Waals surface area contributed by atoms with Gasteiger partial charge in [0.1, 0.15) is 0 Å². The Bertz CT molecular complexity index is 299. The van der Waals surface area contributed by atoms with Crippen LogP contribution in [0.4, 0.5) is 0 Å². The quantitative estimate of drug-likeness (QED) is 0.517. The second-order valence-corrected chi connectivity index (χ2v) is 12.5. The number of hydrogen-bond acceptors (Lipinski definition) is 3. The summed E-state index contributed by atoms with van der Waals surface area (Å²) in [5.41, 5.74) is 0. The van der Waals surface area contributed by atoms with Gasteiger partial charge in [0.05, 0.1) is 0 Å². The Balaban J connectivity index is 2.82. The fraction of sp³-hybridized carbons (Fsp3) is 0.938. The Morgan fingerprint density at radius 3 is 2.25 bits per heavy atom. The van der Waals surface area contributed by atoms with Crippen molar-refractivity contribution < 1.29 is 9.32 Å². The second-order valence-electron chi connectivity index (χ2n) is 6.30. The van der Waals surface area contributed by atoms with Gasteiger partial charge in [0.2, 0.25) is 0 Å². The zero-order valence-corrected chi connectivity index (χ0v) is 14.8. The molecule has 0 bridgehead atoms. The molecule has 0 saturated carbocycles. The van der Waals surface area contributed by atoms with E-state index in [1.165, 1.54) is 19.3 Å². The van der Waals surface area contributed by atoms with Crippen LogP contribution in [-0.2, 0) is 9.32 Å². The number of hydrogen-bond donors (Lipinski definition) is 1. The summed E-state index contributed by atoms with van der Waals surface area (Å²) in [5.74, 6) is 0.0298. The van der Waals surface area contributed by atoms with Gasteiger partial charge in [0.15, 0.2) is 0 Å². The van der Waals surface area contributed by atoms with Crippen LogP contribution in [0, 0.1) is 0 Å². The Labute approximate surface area is 125 Å². The van der Waals surface area contributed by atoms with Gasteiger partial charge >= 0.3 is 124 Å². The maximum absolute atomic E-state index is 12.5. The molecule has 1 rings (SSSR count). The summed E-state index contributed by atoms with van der Waals surface area (Å²) in [6.07, 6.45) is 9.96. The van der Waals surface area contributed by atoms with Crippen molar-refractivity contribution in [2.75, 3.05) is 31.2 Å². The summed E-state index contributed by atoms with van der Waals surface area (Å²) in [5, 5.41) is 3.28. The van der Waals surface area contributed by atoms with E-state index in [0.29, 0.717) is 0 Å². The van der Waals surface area contributed by atoms with Crippen molar-refractivity contribution >= 4 is 12.8 Å². The Morgan fingerprint density at radius 1 is 1.15 bits per heavy atom. The molecule has 1 fully saturated rings. The number of carbonyl (C=O) groups excluding carboxylic acids is 1. The minimum absolute atomic E-state index is 0.0298. The molecular formula is C16H34NO2P. The summed E-state index contributed by atoms with van der Waals surface area (Å²) in [7, 11) is 0. The van der Waals surface area contributed by atoms with E-state index >= 15 is 0 Å². The van der Waals surface area contributed by atoms with E-state index in [1.54, 1.807) is 0 Å². The number of carbonyl (C=O) groups is 1. The predicted molar refractivity (Wildman–Crippen MR) is 90.1 cm³/mol. The van der Waals surface area contributed by atoms with Crippen LogP contribution < -0.4 is 5.32 Å². The normalized spacial score (nSPS) is 21.4. The predicted octanol–water partition coefficient (Wildman–Crippen LogP) is 4.00. The summed E-state index contributed by atoms with van der Waals surface area (Å²) in [6.45, 7) is 7.56. The van der Waals surface area contributed by atoms with Gasteiger partial charge in [-0.15, -0.1) is 0 Å². The first-order chi connectivity index (χ1) is 9.54. The van der Waals surface area contributed by atoms with Crippen LogP contribution in [0.15, 0.2) is 0 Å². The monoisotopic (exact) mass is 303 g/mol. The van der Waals surface area contributed by atoms with E-state index in [2.05, 4.69) is 33.0 Å². The molecule has 0 aliphatic carbocycles. The molecule has 0 amide bonds. The van der Waals surface area contributed by atoms with Crippen molar-refractivity contribution in [3.63, 3.8) is 0 Å². The summed E-state index contributed by atoms with van der Waals surface area (Å²) in [4.78, 5) is 12.5. The Kier molecular flexibility index (Phi) is 6.94. The van der Waals surface area contributed by atoms with Gasteiger partial charge in [-0.25, -0.2) is 0 Å². The van der Waals surface area contributed by atoms with E-state index in [4.69, 9.17) is 4.52 Å². The van der Waals surface area contributed by atoms with Crippen LogP contribution in [0.3, 0.4) is 0 Å². The molecule has 0 aromatic rings. The second kappa shape index (κ2) is 7.75. The molecule has 0 unspecified atom stereocenters. The van der Waals surface area contributed by atoms with E-state index in [-0.39, 0.29) is 12.0 Å². The third-order valence-corrected chi connectivity index (χ3v) is 12.4. The van der Waals surface area contributed by atoms with Gasteiger partial charge in [0.25, 0.3) is 0 Å². The summed E-state index contributed by atoms with van der Waals surface area (Å²) < 4.78 is 6.33. The first-order valence-corrected chi connectivity index (χ1v) is 11.4. The average Bonchev–Trinajstić information content (AvgIpc) is 3.01. The van der Waals surface area contributed by atoms with Crippen LogP contribution in [0.2, 0.25) is 0 Å². The van der Waals surface area contributed by atoms with E-state index in [0.717, 1.165) is 44.0 Å². The molecule has 1 heterocycles. The van der Waals surface area contributed by atoms with E-state index in [1.807, 2.05) is 0 Å². The molecule has 0 aromatic heterocycles. The Hall–Kier alpha value is -0.140. The van der Waals surface area contributed by atoms with Crippen LogP contribution in [0.25, 0.3) is 0 Å². The summed E-state index contributed by atoms with van der Waals surface area (Å²) >= 11 is 0. The first-order valence-electron chi connectivity index (χ1n) is 8.52. The molecule has 120 valence electrons. The molecule has 1 N–H and O–H groups in total. The number of nitrogens with one attached hydrogen (secondary N) is 1. The van der Waals surface area contributed by atoms with E-state index in [9.17, 15) is 4.79 Å². The molecule has 1 aliphatic rings. The first kappa shape index (κ1) is 17.9. The van der Waals surface area contributed by atoms with Crippen molar-refractivity contribution in [3.05, 3.63) is 0 Å². The molecule has 0 aromatic carbocycles. The fourth-order valence-electron chi connectivity index (χ4n) is 3.35. The van der Waals surface area contributed by atoms with Gasteiger partial charge in [-0.3, -0.25) is 0 Å². The zero-order chi connectivity index (χ0) is 15.1. The number of rotatable bonds is 9. The molecule has 1 atom stereocenters. The van der Waals surface area contributed by atoms with Crippen LogP contribution >= 0.6 is 6.83 Å². The van der Waals surface area contributed by atoms with Crippen molar-refractivity contribution in [2.24, 2.45) is 0 Å². The standard InChI is InChI=1S/C16H34NO2P/c1-5-9-10-14-20(6-2,7-3,8-4)19-16(18)15-12-11-13-17-15/h15,17H,5-14H2,1-4H3/t15-/m1/s1. The summed E-state index contributed by atoms with van der Waals surface area (Å²) in [6, 6.07) is -0.0488. The van der Waals surface area contributed by atoms with Crippen LogP contribution in [-0.4, -0.2) is 43.2 Å². The average molecular weight is 303 g/mol. The van der Waals surface area contributed by atoms with Gasteiger partial charge in [-0.05, 0) is 0 Å². The van der Waals surface area contributed by atoms with Crippen molar-refractivity contribution in [2.45, 2.75) is 65.8 Å². The molecular weight excluding hydrogens is 269 g/mol. The molecule has 1 saturated heterocycles. The van der Waals surface area contributed by atoms with E-state index < -0.39 is 6.83 Å². The SMILES string of the molecule is CCCCCP(CC)(CC)(CC)OC(=O)[C@H]1CCCN1. The van der Waals surface area contributed by atoms with Gasteiger partial charge < -0.3 is 0 Å². The molecule has 0 radical (unpaired) electrons. The third kappa shape index (κ3) is 3.95. The molecule has 1 aliphatic heterocycles. The molecule has 4 heteroatoms. The van der Waals surface area contributed by atoms with Crippen LogP contribution in [0.1, 0.15) is 59.8 Å². The van der Waals surface area contributed by atoms with Gasteiger partial charge in [0, 0.05) is 0 Å². The van der Waals surface area contributed by atoms with Crippen LogP contribution in [0.5, 0.6) is 0 Å². The topological polar surface area (TPSA) is 38.3 Å². The minimum atomic E-state index is -2.31. The fourth-order valence-corrected chi connectivity index (χ4v) is 7.78. The Morgan fingerprint density at radius 2 is 1.80 bits per heavy atom. The zero-order valence-electron chi connectivity index (χ0n) is 13.9. The van der Waals surface area contributed by atoms with Crippen molar-refractivity contribution in [1.29, 1.82) is 0 Å². The molecule has 3 nitrogen and oxygen atoms in total. The number of unbranched alkanes of at least 4 members (excludes halogenated alkanes) is 2.